The van der Waals surface area contributed by atoms with Gasteiger partial charge in [0.1, 0.15) is 17.2 Å². The maximum absolute atomic E-state index is 10.6. The molecule has 0 aliphatic rings. The average molecular weight is 275 g/mol. The molecule has 8 heteroatoms. The molecule has 0 radical (unpaired) electrons. The van der Waals surface area contributed by atoms with Crippen LogP contribution in [0, 0.1) is 20.2 Å². The summed E-state index contributed by atoms with van der Waals surface area (Å²) in [4.78, 5) is 20.1. The van der Waals surface area contributed by atoms with E-state index in [9.17, 15) is 20.2 Å². The van der Waals surface area contributed by atoms with Gasteiger partial charge >= 0.3 is 0 Å². The number of nitro benzene ring substituents is 2. The van der Waals surface area contributed by atoms with Crippen LogP contribution in [0.1, 0.15) is 0 Å². The van der Waals surface area contributed by atoms with E-state index in [1.54, 1.807) is 0 Å². The van der Waals surface area contributed by atoms with Crippen LogP contribution < -0.4 is 10.5 Å². The van der Waals surface area contributed by atoms with Crippen LogP contribution in [0.5, 0.6) is 11.5 Å². The fraction of sp³-hybridized carbons (Fsp3) is 0. The normalized spacial score (nSPS) is 10.0. The molecule has 0 amide bonds. The molecule has 2 rings (SSSR count). The molecule has 0 heterocycles. The summed E-state index contributed by atoms with van der Waals surface area (Å²) in [5, 5.41) is 21.3. The highest BCUT2D eigenvalue weighted by Crippen LogP contribution is 2.30. The molecular weight excluding hydrogens is 266 g/mol. The van der Waals surface area contributed by atoms with E-state index in [1.807, 2.05) is 0 Å². The number of benzene rings is 2. The monoisotopic (exact) mass is 275 g/mol. The van der Waals surface area contributed by atoms with Crippen molar-refractivity contribution < 1.29 is 14.6 Å². The van der Waals surface area contributed by atoms with Crippen LogP contribution in [0.4, 0.5) is 17.1 Å². The van der Waals surface area contributed by atoms with E-state index in [1.165, 1.54) is 42.5 Å². The van der Waals surface area contributed by atoms with Crippen molar-refractivity contribution in [2.75, 3.05) is 5.73 Å². The Morgan fingerprint density at radius 3 is 2.25 bits per heavy atom. The minimum Gasteiger partial charge on any atom is -0.457 e. The number of nitrogen functional groups attached to an aromatic ring is 1. The van der Waals surface area contributed by atoms with Crippen molar-refractivity contribution in [1.29, 1.82) is 0 Å². The zero-order valence-electron chi connectivity index (χ0n) is 10.1. The van der Waals surface area contributed by atoms with Crippen LogP contribution in [0.2, 0.25) is 0 Å². The summed E-state index contributed by atoms with van der Waals surface area (Å²) in [5.74, 6) is 0.501. The summed E-state index contributed by atoms with van der Waals surface area (Å²) >= 11 is 0. The van der Waals surface area contributed by atoms with Crippen LogP contribution in [-0.4, -0.2) is 9.85 Å². The summed E-state index contributed by atoms with van der Waals surface area (Å²) in [7, 11) is 0. The van der Waals surface area contributed by atoms with Crippen molar-refractivity contribution in [2.45, 2.75) is 0 Å². The van der Waals surface area contributed by atoms with Gasteiger partial charge in [-0.1, -0.05) is 6.07 Å². The van der Waals surface area contributed by atoms with Gasteiger partial charge in [0.05, 0.1) is 15.9 Å². The Hall–Kier alpha value is -3.16. The molecule has 2 aromatic rings. The first-order valence-corrected chi connectivity index (χ1v) is 5.43. The minimum atomic E-state index is -0.605. The third kappa shape index (κ3) is 2.80. The second-order valence-corrected chi connectivity index (χ2v) is 3.83. The number of non-ortho nitro benzene ring substituents is 1. The second kappa shape index (κ2) is 5.22. The maximum Gasteiger partial charge on any atom is 0.292 e. The van der Waals surface area contributed by atoms with E-state index in [4.69, 9.17) is 10.5 Å². The Morgan fingerprint density at radius 1 is 0.950 bits per heavy atom. The Kier molecular flexibility index (Phi) is 3.47. The number of nitrogens with zero attached hydrogens (tertiary/aromatic N) is 2. The summed E-state index contributed by atoms with van der Waals surface area (Å²) < 4.78 is 5.38. The summed E-state index contributed by atoms with van der Waals surface area (Å²) in [5.41, 5.74) is 5.14. The lowest BCUT2D eigenvalue weighted by atomic mass is 10.2. The van der Waals surface area contributed by atoms with Gasteiger partial charge in [0.2, 0.25) is 0 Å². The zero-order valence-corrected chi connectivity index (χ0v) is 10.1. The smallest absolute Gasteiger partial charge is 0.292 e. The SMILES string of the molecule is Nc1cc(Oc2cccc([N+](=O)[O-])c2)ccc1[N+](=O)[O-]. The standard InChI is InChI=1S/C12H9N3O5/c13-11-7-10(4-5-12(11)15(18)19)20-9-3-1-2-8(6-9)14(16)17/h1-7H,13H2. The van der Waals surface area contributed by atoms with Gasteiger partial charge in [-0.2, -0.15) is 0 Å². The highest BCUT2D eigenvalue weighted by atomic mass is 16.6. The number of anilines is 1. The van der Waals surface area contributed by atoms with Gasteiger partial charge in [-0.25, -0.2) is 0 Å². The van der Waals surface area contributed by atoms with Gasteiger partial charge in [0.15, 0.2) is 0 Å². The van der Waals surface area contributed by atoms with Gasteiger partial charge < -0.3 is 10.5 Å². The van der Waals surface area contributed by atoms with Gasteiger partial charge in [0, 0.05) is 18.2 Å². The average Bonchev–Trinajstić information content (AvgIpc) is 2.38. The van der Waals surface area contributed by atoms with E-state index in [-0.39, 0.29) is 28.6 Å². The lowest BCUT2D eigenvalue weighted by Gasteiger charge is -2.06. The van der Waals surface area contributed by atoms with E-state index in [0.717, 1.165) is 0 Å². The Balaban J connectivity index is 2.26. The van der Waals surface area contributed by atoms with E-state index < -0.39 is 9.85 Å². The van der Waals surface area contributed by atoms with Gasteiger partial charge in [-0.3, -0.25) is 20.2 Å². The molecule has 0 bridgehead atoms. The molecule has 2 N–H and O–H groups in total. The molecule has 0 aliphatic heterocycles. The molecule has 20 heavy (non-hydrogen) atoms. The second-order valence-electron chi connectivity index (χ2n) is 3.83. The molecule has 0 spiro atoms. The van der Waals surface area contributed by atoms with Crippen molar-refractivity contribution in [2.24, 2.45) is 0 Å². The molecule has 0 unspecified atom stereocenters. The van der Waals surface area contributed by atoms with Crippen molar-refractivity contribution in [3.8, 4) is 11.5 Å². The molecular formula is C12H9N3O5. The zero-order chi connectivity index (χ0) is 14.7. The first kappa shape index (κ1) is 13.3. The minimum absolute atomic E-state index is 0.0436. The number of hydrogen-bond donors (Lipinski definition) is 1. The number of rotatable bonds is 4. The third-order valence-electron chi connectivity index (χ3n) is 2.46. The topological polar surface area (TPSA) is 122 Å². The lowest BCUT2D eigenvalue weighted by molar-refractivity contribution is -0.385. The molecule has 8 nitrogen and oxygen atoms in total. The molecule has 0 aromatic heterocycles. The van der Waals surface area contributed by atoms with Gasteiger partial charge in [0.25, 0.3) is 11.4 Å². The number of nitrogens with two attached hydrogens (primary N) is 1. The van der Waals surface area contributed by atoms with Crippen LogP contribution in [-0.2, 0) is 0 Å². The lowest BCUT2D eigenvalue weighted by Crippen LogP contribution is -1.96. The van der Waals surface area contributed by atoms with E-state index >= 15 is 0 Å². The van der Waals surface area contributed by atoms with E-state index in [0.29, 0.717) is 0 Å². The molecule has 0 aliphatic carbocycles. The number of hydrogen-bond acceptors (Lipinski definition) is 6. The predicted molar refractivity (Wildman–Crippen MR) is 70.7 cm³/mol. The highest BCUT2D eigenvalue weighted by molar-refractivity contribution is 5.61. The van der Waals surface area contributed by atoms with Crippen LogP contribution in [0.15, 0.2) is 42.5 Å². The van der Waals surface area contributed by atoms with Crippen molar-refractivity contribution in [1.82, 2.24) is 0 Å². The van der Waals surface area contributed by atoms with Crippen molar-refractivity contribution >= 4 is 17.1 Å². The fourth-order valence-electron chi connectivity index (χ4n) is 1.56. The molecule has 0 fully saturated rings. The highest BCUT2D eigenvalue weighted by Gasteiger charge is 2.13. The first-order chi connectivity index (χ1) is 9.47. The molecule has 102 valence electrons. The predicted octanol–water partition coefficient (Wildman–Crippen LogP) is 2.88. The maximum atomic E-state index is 10.6. The number of ether oxygens (including phenoxy) is 1. The van der Waals surface area contributed by atoms with Crippen LogP contribution in [0.25, 0.3) is 0 Å². The summed E-state index contributed by atoms with van der Waals surface area (Å²) in [6, 6.07) is 9.45. The molecule has 0 saturated carbocycles. The van der Waals surface area contributed by atoms with Crippen molar-refractivity contribution in [3.05, 3.63) is 62.7 Å². The summed E-state index contributed by atoms with van der Waals surface area (Å²) in [6.07, 6.45) is 0. The third-order valence-corrected chi connectivity index (χ3v) is 2.46. The Labute approximate surface area is 112 Å². The van der Waals surface area contributed by atoms with Gasteiger partial charge in [-0.15, -0.1) is 0 Å². The number of nitro groups is 2. The van der Waals surface area contributed by atoms with Gasteiger partial charge in [-0.05, 0) is 12.1 Å². The van der Waals surface area contributed by atoms with Crippen molar-refractivity contribution in [3.63, 3.8) is 0 Å². The van der Waals surface area contributed by atoms with Crippen LogP contribution >= 0.6 is 0 Å². The Morgan fingerprint density at radius 2 is 1.65 bits per heavy atom. The van der Waals surface area contributed by atoms with E-state index in [2.05, 4.69) is 0 Å². The fourth-order valence-corrected chi connectivity index (χ4v) is 1.56. The van der Waals surface area contributed by atoms with Crippen LogP contribution in [0.3, 0.4) is 0 Å². The molecule has 0 saturated heterocycles. The molecule has 0 atom stereocenters. The first-order valence-electron chi connectivity index (χ1n) is 5.43. The summed E-state index contributed by atoms with van der Waals surface area (Å²) in [6.45, 7) is 0. The Bertz CT molecular complexity index is 687. The quantitative estimate of drug-likeness (QED) is 0.520. The largest absolute Gasteiger partial charge is 0.457 e. The molecule has 2 aromatic carbocycles.